The third-order valence-electron chi connectivity index (χ3n) is 0.725. The zero-order valence-electron chi connectivity index (χ0n) is 7.58. The summed E-state index contributed by atoms with van der Waals surface area (Å²) in [6.45, 7) is 0. The standard InChI is InChI=1S/C4H6O5S.Au.Na.H2O.H/c5-2(6)1-4(9,10)3(7)8;;;;/h9-10H,1H2,(H,5,6)(H,7,8);;;1H2;/q;2*+1;;-1/p-1. The molecule has 5 N–H and O–H groups in total. The summed E-state index contributed by atoms with van der Waals surface area (Å²) in [4.78, 5) is 17.2. The van der Waals surface area contributed by atoms with E-state index in [1.54, 1.807) is 0 Å². The Morgan fingerprint density at radius 1 is 1.38 bits per heavy atom. The number of hydrogen-bond acceptors (Lipinski definition) is 4. The molecule has 0 fully saturated rings. The van der Waals surface area contributed by atoms with Crippen LogP contribution in [0.2, 0.25) is 0 Å². The first kappa shape index (κ1) is 23.6. The first-order valence-electron chi connectivity index (χ1n) is 2.24. The molecule has 0 aliphatic rings. The first-order chi connectivity index (χ1) is 4.36. The molecule has 0 aromatic carbocycles. The van der Waals surface area contributed by atoms with Gasteiger partial charge in [0, 0.05) is 0 Å². The van der Waals surface area contributed by atoms with Gasteiger partial charge in [0.2, 0.25) is 0 Å². The molecule has 6 nitrogen and oxygen atoms in total. The van der Waals surface area contributed by atoms with Crippen LogP contribution in [0.1, 0.15) is 7.85 Å². The number of rotatable bonds is 3. The molecule has 0 heterocycles. The summed E-state index contributed by atoms with van der Waals surface area (Å²) in [5.41, 5.74) is 0. The van der Waals surface area contributed by atoms with E-state index in [0.717, 1.165) is 0 Å². The predicted octanol–water partition coefficient (Wildman–Crippen LogP) is -4.93. The summed E-state index contributed by atoms with van der Waals surface area (Å²) in [5, 5.41) is 24.7. The van der Waals surface area contributed by atoms with Gasteiger partial charge in [-0.1, -0.05) is 0 Å². The Hall–Kier alpha value is 0.950. The molecule has 9 heteroatoms. The molecule has 1 unspecified atom stereocenters. The van der Waals surface area contributed by atoms with Crippen LogP contribution in [0.3, 0.4) is 0 Å². The van der Waals surface area contributed by atoms with Gasteiger partial charge in [-0.15, -0.1) is 0 Å². The van der Waals surface area contributed by atoms with Gasteiger partial charge >= 0.3 is 63.9 Å². The second-order valence-electron chi connectivity index (χ2n) is 1.66. The molecular formula is C4H8AuNaO6S. The van der Waals surface area contributed by atoms with Crippen molar-refractivity contribution >= 4 is 24.6 Å². The Bertz CT molecular complexity index is 179. The predicted molar refractivity (Wildman–Crippen MR) is 36.9 cm³/mol. The van der Waals surface area contributed by atoms with Gasteiger partial charge in [0.15, 0.2) is 0 Å². The fourth-order valence-electron chi connectivity index (χ4n) is 0.281. The van der Waals surface area contributed by atoms with Gasteiger partial charge in [-0.25, -0.2) is 0 Å². The van der Waals surface area contributed by atoms with Gasteiger partial charge in [0.1, 0.15) is 0 Å². The summed E-state index contributed by atoms with van der Waals surface area (Å²) >= 11 is 4.02. The number of carbonyl (C=O) groups is 2. The molecular weight excluding hydrogens is 396 g/mol. The molecule has 1 atom stereocenters. The van der Waals surface area contributed by atoms with E-state index in [9.17, 15) is 9.59 Å². The van der Waals surface area contributed by atoms with Gasteiger partial charge in [0.25, 0.3) is 0 Å². The minimum atomic E-state index is -2.58. The fraction of sp³-hybridized carbons (Fsp3) is 0.500. The van der Waals surface area contributed by atoms with E-state index in [4.69, 9.17) is 15.3 Å². The Morgan fingerprint density at radius 3 is 1.77 bits per heavy atom. The van der Waals surface area contributed by atoms with Gasteiger partial charge in [-0.05, 0) is 0 Å². The average molecular weight is 404 g/mol. The molecule has 78 valence electrons. The second-order valence-corrected chi connectivity index (χ2v) is 2.34. The Kier molecular flexibility index (Phi) is 17.3. The molecule has 0 aliphatic carbocycles. The number of carboxylic acid groups (broad SMARTS) is 2. The Morgan fingerprint density at radius 2 is 1.69 bits per heavy atom. The van der Waals surface area contributed by atoms with E-state index < -0.39 is 23.3 Å². The van der Waals surface area contributed by atoms with Crippen LogP contribution < -0.4 is 29.6 Å². The van der Waals surface area contributed by atoms with E-state index in [1.807, 2.05) is 0 Å². The van der Waals surface area contributed by atoms with E-state index in [1.165, 1.54) is 0 Å². The molecule has 0 bridgehead atoms. The van der Waals surface area contributed by atoms with Crippen molar-refractivity contribution in [3.63, 3.8) is 0 Å². The number of aliphatic carboxylic acids is 2. The maximum atomic E-state index is 9.94. The molecule has 0 aromatic rings. The molecule has 0 spiro atoms. The summed E-state index contributed by atoms with van der Waals surface area (Å²) in [5.74, 6) is -3.16. The minimum absolute atomic E-state index is 0. The van der Waals surface area contributed by atoms with Crippen LogP contribution in [0.25, 0.3) is 0 Å². The molecule has 13 heavy (non-hydrogen) atoms. The number of aliphatic hydroxyl groups is 1. The van der Waals surface area contributed by atoms with Gasteiger partial charge in [0.05, 0.1) is 11.4 Å². The maximum absolute atomic E-state index is 9.94. The van der Waals surface area contributed by atoms with Crippen molar-refractivity contribution in [3.8, 4) is 0 Å². The van der Waals surface area contributed by atoms with E-state index >= 15 is 0 Å². The van der Waals surface area contributed by atoms with Gasteiger partial charge in [-0.2, -0.15) is 0 Å². The van der Waals surface area contributed by atoms with Gasteiger partial charge in [-0.3, -0.25) is 9.59 Å². The quantitative estimate of drug-likeness (QED) is 0.320. The van der Waals surface area contributed by atoms with Crippen molar-refractivity contribution < 1.29 is 83.7 Å². The zero-order chi connectivity index (χ0) is 8.36. The van der Waals surface area contributed by atoms with Gasteiger partial charge < -0.3 is 34.9 Å². The summed E-state index contributed by atoms with van der Waals surface area (Å²) in [6.07, 6.45) is -0.975. The van der Waals surface area contributed by atoms with Crippen molar-refractivity contribution in [1.29, 1.82) is 0 Å². The van der Waals surface area contributed by atoms with Crippen LogP contribution >= 0.6 is 0 Å². The molecule has 0 saturated heterocycles. The fourth-order valence-corrected chi connectivity index (χ4v) is 0.404. The largest absolute Gasteiger partial charge is 1.00 e. The van der Waals surface area contributed by atoms with Crippen LogP contribution in [0.15, 0.2) is 0 Å². The maximum Gasteiger partial charge on any atom is 1.00 e. The van der Waals surface area contributed by atoms with E-state index in [-0.39, 0.29) is 58.8 Å². The zero-order valence-corrected chi connectivity index (χ0v) is 11.6. The Labute approximate surface area is 119 Å². The van der Waals surface area contributed by atoms with Crippen LogP contribution in [0, 0.1) is 0 Å². The molecule has 0 aromatic heterocycles. The summed E-state index contributed by atoms with van der Waals surface area (Å²) < 4.78 is 0. The van der Waals surface area contributed by atoms with Crippen LogP contribution in [-0.2, 0) is 44.6 Å². The number of carboxylic acids is 2. The van der Waals surface area contributed by atoms with Crippen LogP contribution in [0.5, 0.6) is 0 Å². The normalized spacial score (nSPS) is 12.2. The smallest absolute Gasteiger partial charge is 1.00 e. The topological polar surface area (TPSA) is 126 Å². The van der Waals surface area contributed by atoms with Crippen molar-refractivity contribution in [1.82, 2.24) is 0 Å². The van der Waals surface area contributed by atoms with Crippen molar-refractivity contribution in [2.75, 3.05) is 0 Å². The average Bonchev–Trinajstić information content (AvgIpc) is 1.60. The molecule has 0 saturated carbocycles. The molecule has 0 rings (SSSR count). The minimum Gasteiger partial charge on any atom is -1.00 e. The molecule has 0 radical (unpaired) electrons. The van der Waals surface area contributed by atoms with Crippen molar-refractivity contribution in [2.24, 2.45) is 0 Å². The third-order valence-corrected chi connectivity index (χ3v) is 1.04. The SMILES string of the molecule is O.O=C(O)CC(O)([S-])C(=O)O.[Au+].[H-].[Na+]. The number of hydrogen-bond donors (Lipinski definition) is 3. The van der Waals surface area contributed by atoms with E-state index in [2.05, 4.69) is 12.6 Å². The summed E-state index contributed by atoms with van der Waals surface area (Å²) in [7, 11) is 0. The second kappa shape index (κ2) is 9.50. The van der Waals surface area contributed by atoms with Crippen LogP contribution in [-0.4, -0.2) is 37.7 Å². The van der Waals surface area contributed by atoms with Crippen molar-refractivity contribution in [2.45, 2.75) is 11.4 Å². The monoisotopic (exact) mass is 404 g/mol. The molecule has 0 aliphatic heterocycles. The Balaban J connectivity index is -0.0000000675. The summed E-state index contributed by atoms with van der Waals surface area (Å²) in [6, 6.07) is 0. The molecule has 0 amide bonds. The van der Waals surface area contributed by atoms with E-state index in [0.29, 0.717) is 0 Å². The van der Waals surface area contributed by atoms with Crippen LogP contribution in [0.4, 0.5) is 0 Å². The third kappa shape index (κ3) is 10.9. The van der Waals surface area contributed by atoms with Crippen molar-refractivity contribution in [3.05, 3.63) is 0 Å². The first-order valence-corrected chi connectivity index (χ1v) is 2.65.